The van der Waals surface area contributed by atoms with E-state index in [4.69, 9.17) is 9.47 Å². The van der Waals surface area contributed by atoms with E-state index in [9.17, 15) is 9.59 Å². The van der Waals surface area contributed by atoms with E-state index < -0.39 is 0 Å². The Labute approximate surface area is 194 Å². The van der Waals surface area contributed by atoms with Crippen molar-refractivity contribution in [3.8, 4) is 5.75 Å². The van der Waals surface area contributed by atoms with Gasteiger partial charge in [-0.25, -0.2) is 9.79 Å². The fourth-order valence-electron chi connectivity index (χ4n) is 3.16. The lowest BCUT2D eigenvalue weighted by Gasteiger charge is -2.17. The van der Waals surface area contributed by atoms with Crippen LogP contribution in [0.3, 0.4) is 0 Å². The molecule has 2 heterocycles. The van der Waals surface area contributed by atoms with Crippen LogP contribution >= 0.6 is 24.0 Å². The number of urea groups is 1. The first-order valence-corrected chi connectivity index (χ1v) is 10.0. The predicted molar refractivity (Wildman–Crippen MR) is 124 cm³/mol. The molecule has 0 aliphatic carbocycles. The molecule has 2 aliphatic heterocycles. The maximum Gasteiger partial charge on any atom is 0.324 e. The van der Waals surface area contributed by atoms with E-state index in [1.807, 2.05) is 32.0 Å². The number of hydrogen-bond acceptors (Lipinski definition) is 5. The second-order valence-corrected chi connectivity index (χ2v) is 7.04. The summed E-state index contributed by atoms with van der Waals surface area (Å²) in [4.78, 5) is 29.1. The van der Waals surface area contributed by atoms with E-state index in [-0.39, 0.29) is 55.1 Å². The van der Waals surface area contributed by atoms with Gasteiger partial charge in [0.25, 0.3) is 0 Å². The molecule has 166 valence electrons. The standard InChI is InChI=1S/C20H29N5O4.HI/c1-3-21-19(22-7-8-25-18(26)12-24-20(25)27)23-11-15-5-4-14(2)10-17(15)29-16-6-9-28-13-16;/h4-5,10,16H,3,6-9,11-13H2,1-2H3,(H,24,27)(H2,21,22,23);1H. The number of imide groups is 1. The summed E-state index contributed by atoms with van der Waals surface area (Å²) in [6, 6.07) is 5.75. The van der Waals surface area contributed by atoms with Crippen LogP contribution in [0.25, 0.3) is 0 Å². The van der Waals surface area contributed by atoms with Crippen LogP contribution in [0.4, 0.5) is 4.79 Å². The van der Waals surface area contributed by atoms with Gasteiger partial charge >= 0.3 is 6.03 Å². The predicted octanol–water partition coefficient (Wildman–Crippen LogP) is 1.39. The van der Waals surface area contributed by atoms with Crippen LogP contribution in [0.15, 0.2) is 23.2 Å². The molecule has 3 rings (SSSR count). The molecule has 0 spiro atoms. The van der Waals surface area contributed by atoms with Crippen molar-refractivity contribution in [2.24, 2.45) is 4.99 Å². The second kappa shape index (κ2) is 11.9. The number of hydrogen-bond donors (Lipinski definition) is 3. The lowest BCUT2D eigenvalue weighted by molar-refractivity contribution is -0.124. The van der Waals surface area contributed by atoms with Gasteiger partial charge in [0.05, 0.1) is 26.3 Å². The Hall–Kier alpha value is -2.08. The van der Waals surface area contributed by atoms with Gasteiger partial charge in [-0.3, -0.25) is 9.69 Å². The molecule has 2 saturated heterocycles. The third-order valence-electron chi connectivity index (χ3n) is 4.72. The van der Waals surface area contributed by atoms with Crippen LogP contribution in [0.1, 0.15) is 24.5 Å². The smallest absolute Gasteiger partial charge is 0.324 e. The van der Waals surface area contributed by atoms with Crippen LogP contribution in [-0.4, -0.2) is 68.3 Å². The molecule has 0 radical (unpaired) electrons. The Balaban J connectivity index is 0.00000320. The summed E-state index contributed by atoms with van der Waals surface area (Å²) >= 11 is 0. The molecule has 2 aliphatic rings. The topological polar surface area (TPSA) is 104 Å². The van der Waals surface area contributed by atoms with Gasteiger partial charge in [0.2, 0.25) is 5.91 Å². The number of carbonyl (C=O) groups is 2. The molecule has 30 heavy (non-hydrogen) atoms. The maximum absolute atomic E-state index is 11.6. The molecule has 9 nitrogen and oxygen atoms in total. The third kappa shape index (κ3) is 6.73. The molecule has 1 unspecified atom stereocenters. The quantitative estimate of drug-likeness (QED) is 0.203. The van der Waals surface area contributed by atoms with Crippen LogP contribution in [0.2, 0.25) is 0 Å². The van der Waals surface area contributed by atoms with Gasteiger partial charge in [0.15, 0.2) is 5.96 Å². The van der Waals surface area contributed by atoms with Gasteiger partial charge in [-0.05, 0) is 25.5 Å². The van der Waals surface area contributed by atoms with E-state index >= 15 is 0 Å². The largest absolute Gasteiger partial charge is 0.488 e. The van der Waals surface area contributed by atoms with Crippen LogP contribution < -0.4 is 20.7 Å². The summed E-state index contributed by atoms with van der Waals surface area (Å²) in [5, 5.41) is 8.86. The first-order valence-electron chi connectivity index (χ1n) is 10.0. The minimum absolute atomic E-state index is 0. The van der Waals surface area contributed by atoms with Crippen molar-refractivity contribution < 1.29 is 19.1 Å². The Morgan fingerprint density at radius 1 is 1.37 bits per heavy atom. The molecule has 1 aromatic rings. The number of aliphatic imine (C=N–C) groups is 1. The number of aryl methyl sites for hydroxylation is 1. The summed E-state index contributed by atoms with van der Waals surface area (Å²) < 4.78 is 11.5. The fourth-order valence-corrected chi connectivity index (χ4v) is 3.16. The number of guanidine groups is 1. The van der Waals surface area contributed by atoms with E-state index in [2.05, 4.69) is 20.9 Å². The molecule has 10 heteroatoms. The molecule has 1 atom stereocenters. The highest BCUT2D eigenvalue weighted by Gasteiger charge is 2.27. The number of benzene rings is 1. The highest BCUT2D eigenvalue weighted by Crippen LogP contribution is 2.24. The minimum atomic E-state index is -0.351. The molecular formula is C20H30IN5O4. The number of nitrogens with one attached hydrogen (secondary N) is 3. The zero-order chi connectivity index (χ0) is 20.6. The molecule has 1 aromatic carbocycles. The lowest BCUT2D eigenvalue weighted by Crippen LogP contribution is -2.43. The van der Waals surface area contributed by atoms with Crippen LogP contribution in [0.5, 0.6) is 5.75 Å². The Kier molecular flexibility index (Phi) is 9.63. The maximum atomic E-state index is 11.6. The van der Waals surface area contributed by atoms with E-state index in [1.165, 1.54) is 4.90 Å². The zero-order valence-corrected chi connectivity index (χ0v) is 19.7. The summed E-state index contributed by atoms with van der Waals surface area (Å²) in [5.41, 5.74) is 2.12. The van der Waals surface area contributed by atoms with E-state index in [0.717, 1.165) is 29.9 Å². The van der Waals surface area contributed by atoms with Crippen molar-refractivity contribution in [1.29, 1.82) is 0 Å². The SMILES string of the molecule is CCNC(=NCc1ccc(C)cc1OC1CCOC1)NCCN1C(=O)CNC1=O.I. The Morgan fingerprint density at radius 2 is 2.20 bits per heavy atom. The van der Waals surface area contributed by atoms with Crippen molar-refractivity contribution in [3.05, 3.63) is 29.3 Å². The Morgan fingerprint density at radius 3 is 2.87 bits per heavy atom. The number of rotatable bonds is 8. The number of halogens is 1. The van der Waals surface area contributed by atoms with Gasteiger partial charge in [0, 0.05) is 31.6 Å². The summed E-state index contributed by atoms with van der Waals surface area (Å²) in [6.07, 6.45) is 0.971. The average Bonchev–Trinajstić information content (AvgIpc) is 3.32. The minimum Gasteiger partial charge on any atom is -0.488 e. The highest BCUT2D eigenvalue weighted by molar-refractivity contribution is 14.0. The van der Waals surface area contributed by atoms with Crippen molar-refractivity contribution >= 4 is 41.9 Å². The van der Waals surface area contributed by atoms with Crippen molar-refractivity contribution in [1.82, 2.24) is 20.9 Å². The number of nitrogens with zero attached hydrogens (tertiary/aromatic N) is 2. The number of ether oxygens (including phenoxy) is 2. The van der Waals surface area contributed by atoms with Crippen molar-refractivity contribution in [2.45, 2.75) is 32.9 Å². The number of carbonyl (C=O) groups excluding carboxylic acids is 2. The van der Waals surface area contributed by atoms with Gasteiger partial charge < -0.3 is 25.4 Å². The molecular weight excluding hydrogens is 501 g/mol. The monoisotopic (exact) mass is 531 g/mol. The van der Waals surface area contributed by atoms with Crippen molar-refractivity contribution in [3.63, 3.8) is 0 Å². The lowest BCUT2D eigenvalue weighted by atomic mass is 10.1. The highest BCUT2D eigenvalue weighted by atomic mass is 127. The molecule has 3 N–H and O–H groups in total. The van der Waals surface area contributed by atoms with Gasteiger partial charge in [-0.15, -0.1) is 24.0 Å². The summed E-state index contributed by atoms with van der Waals surface area (Å²) in [7, 11) is 0. The second-order valence-electron chi connectivity index (χ2n) is 7.04. The first-order chi connectivity index (χ1) is 14.1. The molecule has 0 saturated carbocycles. The molecule has 0 aromatic heterocycles. The molecule has 0 bridgehead atoms. The molecule has 2 fully saturated rings. The summed E-state index contributed by atoms with van der Waals surface area (Å²) in [6.45, 7) is 7.28. The Bertz CT molecular complexity index is 752. The van der Waals surface area contributed by atoms with Gasteiger partial charge in [-0.2, -0.15) is 0 Å². The van der Waals surface area contributed by atoms with Crippen LogP contribution in [0, 0.1) is 6.92 Å². The fraction of sp³-hybridized carbons (Fsp3) is 0.550. The van der Waals surface area contributed by atoms with Gasteiger partial charge in [0.1, 0.15) is 11.9 Å². The normalized spacial score (nSPS) is 18.8. The molecule has 3 amide bonds. The van der Waals surface area contributed by atoms with Crippen molar-refractivity contribution in [2.75, 3.05) is 39.4 Å². The zero-order valence-electron chi connectivity index (χ0n) is 17.4. The van der Waals surface area contributed by atoms with E-state index in [1.54, 1.807) is 0 Å². The number of amides is 3. The average molecular weight is 531 g/mol. The first kappa shape index (κ1) is 24.2. The summed E-state index contributed by atoms with van der Waals surface area (Å²) in [5.74, 6) is 1.24. The third-order valence-corrected chi connectivity index (χ3v) is 4.72. The van der Waals surface area contributed by atoms with Crippen LogP contribution in [-0.2, 0) is 16.1 Å². The van der Waals surface area contributed by atoms with Gasteiger partial charge in [-0.1, -0.05) is 12.1 Å². The van der Waals surface area contributed by atoms with E-state index in [0.29, 0.717) is 32.2 Å².